The standard InChI is InChI=1S/C13H19NO/c1-2-3-7-10-14-13(11-15)12-8-5-4-6-9-12/h4-6,8-9,11,13-14H,2-3,7,10H2,1H3. The van der Waals surface area contributed by atoms with Gasteiger partial charge < -0.3 is 10.1 Å². The molecule has 0 radical (unpaired) electrons. The first-order valence-corrected chi connectivity index (χ1v) is 5.62. The van der Waals surface area contributed by atoms with Gasteiger partial charge in [0.25, 0.3) is 0 Å². The van der Waals surface area contributed by atoms with Gasteiger partial charge >= 0.3 is 0 Å². The SMILES string of the molecule is CCCCCNC(C=O)c1ccccc1. The van der Waals surface area contributed by atoms with Crippen molar-refractivity contribution in [3.63, 3.8) is 0 Å². The zero-order chi connectivity index (χ0) is 10.9. The van der Waals surface area contributed by atoms with E-state index in [2.05, 4.69) is 12.2 Å². The predicted molar refractivity (Wildman–Crippen MR) is 62.8 cm³/mol. The number of rotatable bonds is 7. The minimum Gasteiger partial charge on any atom is -0.304 e. The van der Waals surface area contributed by atoms with E-state index in [0.717, 1.165) is 24.8 Å². The van der Waals surface area contributed by atoms with Crippen molar-refractivity contribution in [2.75, 3.05) is 6.54 Å². The Kier molecular flexibility index (Phi) is 5.71. The molecule has 1 unspecified atom stereocenters. The second kappa shape index (κ2) is 7.18. The van der Waals surface area contributed by atoms with E-state index in [9.17, 15) is 4.79 Å². The van der Waals surface area contributed by atoms with Crippen LogP contribution in [-0.4, -0.2) is 12.8 Å². The van der Waals surface area contributed by atoms with E-state index in [4.69, 9.17) is 0 Å². The molecule has 2 heteroatoms. The monoisotopic (exact) mass is 205 g/mol. The van der Waals surface area contributed by atoms with Crippen LogP contribution in [0.4, 0.5) is 0 Å². The maximum atomic E-state index is 10.9. The minimum absolute atomic E-state index is 0.150. The van der Waals surface area contributed by atoms with Gasteiger partial charge in [0.05, 0.1) is 6.04 Å². The highest BCUT2D eigenvalue weighted by Gasteiger charge is 2.07. The fraction of sp³-hybridized carbons (Fsp3) is 0.462. The van der Waals surface area contributed by atoms with E-state index in [0.29, 0.717) is 0 Å². The van der Waals surface area contributed by atoms with Crippen LogP contribution >= 0.6 is 0 Å². The molecule has 0 saturated carbocycles. The van der Waals surface area contributed by atoms with Crippen molar-refractivity contribution in [3.05, 3.63) is 35.9 Å². The Balaban J connectivity index is 2.39. The summed E-state index contributed by atoms with van der Waals surface area (Å²) in [6, 6.07) is 9.68. The molecule has 0 fully saturated rings. The second-order valence-corrected chi connectivity index (χ2v) is 3.69. The van der Waals surface area contributed by atoms with E-state index >= 15 is 0 Å². The molecule has 0 bridgehead atoms. The molecule has 82 valence electrons. The zero-order valence-corrected chi connectivity index (χ0v) is 9.28. The summed E-state index contributed by atoms with van der Waals surface area (Å²) in [4.78, 5) is 10.9. The highest BCUT2D eigenvalue weighted by molar-refractivity contribution is 5.61. The van der Waals surface area contributed by atoms with Gasteiger partial charge in [-0.25, -0.2) is 0 Å². The highest BCUT2D eigenvalue weighted by atomic mass is 16.1. The third-order valence-electron chi connectivity index (χ3n) is 2.44. The van der Waals surface area contributed by atoms with Crippen molar-refractivity contribution >= 4 is 6.29 Å². The van der Waals surface area contributed by atoms with E-state index in [1.807, 2.05) is 30.3 Å². The summed E-state index contributed by atoms with van der Waals surface area (Å²) in [6.45, 7) is 3.08. The van der Waals surface area contributed by atoms with Gasteiger partial charge in [-0.05, 0) is 18.5 Å². The van der Waals surface area contributed by atoms with Crippen LogP contribution in [0.25, 0.3) is 0 Å². The van der Waals surface area contributed by atoms with Gasteiger partial charge in [0, 0.05) is 0 Å². The molecule has 0 aliphatic carbocycles. The summed E-state index contributed by atoms with van der Waals surface area (Å²) >= 11 is 0. The summed E-state index contributed by atoms with van der Waals surface area (Å²) in [5, 5.41) is 3.25. The van der Waals surface area contributed by atoms with Crippen LogP contribution in [0.1, 0.15) is 37.8 Å². The van der Waals surface area contributed by atoms with Crippen molar-refractivity contribution in [3.8, 4) is 0 Å². The Morgan fingerprint density at radius 3 is 2.60 bits per heavy atom. The molecule has 0 saturated heterocycles. The predicted octanol–water partition coefficient (Wildman–Crippen LogP) is 2.71. The van der Waals surface area contributed by atoms with Crippen LogP contribution in [-0.2, 0) is 4.79 Å². The molecule has 15 heavy (non-hydrogen) atoms. The van der Waals surface area contributed by atoms with Crippen LogP contribution in [0.2, 0.25) is 0 Å². The molecule has 0 spiro atoms. The normalized spacial score (nSPS) is 12.3. The lowest BCUT2D eigenvalue weighted by atomic mass is 10.1. The number of carbonyl (C=O) groups excluding carboxylic acids is 1. The largest absolute Gasteiger partial charge is 0.304 e. The first-order valence-electron chi connectivity index (χ1n) is 5.62. The van der Waals surface area contributed by atoms with Gasteiger partial charge in [-0.15, -0.1) is 0 Å². The molecule has 1 aromatic carbocycles. The minimum atomic E-state index is -0.150. The molecule has 2 nitrogen and oxygen atoms in total. The smallest absolute Gasteiger partial charge is 0.141 e. The lowest BCUT2D eigenvalue weighted by molar-refractivity contribution is -0.109. The highest BCUT2D eigenvalue weighted by Crippen LogP contribution is 2.09. The molecule has 1 atom stereocenters. The average molecular weight is 205 g/mol. The van der Waals surface area contributed by atoms with Crippen molar-refractivity contribution in [2.24, 2.45) is 0 Å². The molecular formula is C13H19NO. The van der Waals surface area contributed by atoms with Gasteiger partial charge in [0.2, 0.25) is 0 Å². The molecule has 0 aliphatic heterocycles. The number of hydrogen-bond acceptors (Lipinski definition) is 2. The number of aldehydes is 1. The number of unbranched alkanes of at least 4 members (excludes halogenated alkanes) is 2. The lowest BCUT2D eigenvalue weighted by Gasteiger charge is -2.12. The van der Waals surface area contributed by atoms with Gasteiger partial charge in [-0.2, -0.15) is 0 Å². The van der Waals surface area contributed by atoms with Gasteiger partial charge in [0.1, 0.15) is 6.29 Å². The molecule has 1 aromatic rings. The van der Waals surface area contributed by atoms with Gasteiger partial charge in [-0.3, -0.25) is 0 Å². The van der Waals surface area contributed by atoms with E-state index in [-0.39, 0.29) is 6.04 Å². The number of carbonyl (C=O) groups is 1. The Bertz CT molecular complexity index is 271. The van der Waals surface area contributed by atoms with E-state index < -0.39 is 0 Å². The summed E-state index contributed by atoms with van der Waals surface area (Å²) in [6.07, 6.45) is 4.53. The fourth-order valence-electron chi connectivity index (χ4n) is 1.54. The number of nitrogens with one attached hydrogen (secondary N) is 1. The Labute approximate surface area is 91.7 Å². The molecule has 0 heterocycles. The van der Waals surface area contributed by atoms with Crippen LogP contribution in [0.3, 0.4) is 0 Å². The Morgan fingerprint density at radius 1 is 1.27 bits per heavy atom. The summed E-state index contributed by atoms with van der Waals surface area (Å²) in [7, 11) is 0. The quantitative estimate of drug-likeness (QED) is 0.547. The Hall–Kier alpha value is -1.15. The second-order valence-electron chi connectivity index (χ2n) is 3.69. The molecule has 0 aliphatic rings. The van der Waals surface area contributed by atoms with Gasteiger partial charge in [0.15, 0.2) is 0 Å². The molecule has 1 rings (SSSR count). The molecular weight excluding hydrogens is 186 g/mol. The maximum Gasteiger partial charge on any atom is 0.141 e. The van der Waals surface area contributed by atoms with Crippen LogP contribution < -0.4 is 5.32 Å². The van der Waals surface area contributed by atoms with Gasteiger partial charge in [-0.1, -0.05) is 50.1 Å². The first-order chi connectivity index (χ1) is 7.38. The van der Waals surface area contributed by atoms with Crippen molar-refractivity contribution in [1.29, 1.82) is 0 Å². The van der Waals surface area contributed by atoms with E-state index in [1.54, 1.807) is 0 Å². The fourth-order valence-corrected chi connectivity index (χ4v) is 1.54. The van der Waals surface area contributed by atoms with Crippen LogP contribution in [0.5, 0.6) is 0 Å². The van der Waals surface area contributed by atoms with Crippen LogP contribution in [0, 0.1) is 0 Å². The lowest BCUT2D eigenvalue weighted by Crippen LogP contribution is -2.23. The van der Waals surface area contributed by atoms with Crippen molar-refractivity contribution in [1.82, 2.24) is 5.32 Å². The number of hydrogen-bond donors (Lipinski definition) is 1. The van der Waals surface area contributed by atoms with Crippen LogP contribution in [0.15, 0.2) is 30.3 Å². The average Bonchev–Trinajstić information content (AvgIpc) is 2.30. The van der Waals surface area contributed by atoms with Crippen molar-refractivity contribution in [2.45, 2.75) is 32.2 Å². The summed E-state index contributed by atoms with van der Waals surface area (Å²) < 4.78 is 0. The van der Waals surface area contributed by atoms with Crippen molar-refractivity contribution < 1.29 is 4.79 Å². The third-order valence-corrected chi connectivity index (χ3v) is 2.44. The maximum absolute atomic E-state index is 10.9. The molecule has 0 aromatic heterocycles. The summed E-state index contributed by atoms with van der Waals surface area (Å²) in [5.41, 5.74) is 1.05. The summed E-state index contributed by atoms with van der Waals surface area (Å²) in [5.74, 6) is 0. The Morgan fingerprint density at radius 2 is 2.00 bits per heavy atom. The topological polar surface area (TPSA) is 29.1 Å². The third kappa shape index (κ3) is 4.26. The first kappa shape index (κ1) is 11.9. The molecule has 0 amide bonds. The zero-order valence-electron chi connectivity index (χ0n) is 9.28. The number of benzene rings is 1. The molecule has 1 N–H and O–H groups in total. The van der Waals surface area contributed by atoms with E-state index in [1.165, 1.54) is 12.8 Å².